The van der Waals surface area contributed by atoms with Gasteiger partial charge < -0.3 is 5.73 Å². The fraction of sp³-hybridized carbons (Fsp3) is 0.176. The second-order valence-corrected chi connectivity index (χ2v) is 5.14. The van der Waals surface area contributed by atoms with Gasteiger partial charge in [0.2, 0.25) is 0 Å². The normalized spacial score (nSPS) is 11.3. The van der Waals surface area contributed by atoms with E-state index in [4.69, 9.17) is 5.73 Å². The molecule has 7 heteroatoms. The molecule has 0 aliphatic carbocycles. The van der Waals surface area contributed by atoms with E-state index in [1.807, 2.05) is 6.92 Å². The number of nitrogen functional groups attached to an aromatic ring is 1. The van der Waals surface area contributed by atoms with Crippen LogP contribution >= 0.6 is 12.4 Å². The molecule has 0 aliphatic rings. The fourth-order valence-corrected chi connectivity index (χ4v) is 2.67. The molecule has 2 heterocycles. The Bertz CT molecular complexity index is 879. The molecule has 0 aliphatic heterocycles. The summed E-state index contributed by atoms with van der Waals surface area (Å²) in [6, 6.07) is 9.06. The Hall–Kier alpha value is -2.34. The summed E-state index contributed by atoms with van der Waals surface area (Å²) in [4.78, 5) is 8.35. The Balaban J connectivity index is 0.00000208. The van der Waals surface area contributed by atoms with E-state index in [2.05, 4.69) is 9.97 Å². The highest BCUT2D eigenvalue weighted by Crippen LogP contribution is 2.41. The summed E-state index contributed by atoms with van der Waals surface area (Å²) in [5, 5.41) is 0.648. The molecule has 24 heavy (non-hydrogen) atoms. The van der Waals surface area contributed by atoms with Crippen LogP contribution in [0, 0.1) is 0 Å². The lowest BCUT2D eigenvalue weighted by Crippen LogP contribution is -2.09. The SMILES string of the molecule is CCc1nc(N)ccc1-c1c(C(F)(F)F)ccc2cccnc12.Cl. The van der Waals surface area contributed by atoms with Crippen molar-refractivity contribution in [2.24, 2.45) is 0 Å². The maximum absolute atomic E-state index is 13.5. The number of pyridine rings is 2. The molecule has 0 atom stereocenters. The predicted octanol–water partition coefficient (Wildman–Crippen LogP) is 4.88. The summed E-state index contributed by atoms with van der Waals surface area (Å²) in [5.41, 5.74) is 6.25. The van der Waals surface area contributed by atoms with Gasteiger partial charge in [0.25, 0.3) is 0 Å². The average Bonchev–Trinajstić information content (AvgIpc) is 2.53. The molecule has 2 N–H and O–H groups in total. The van der Waals surface area contributed by atoms with E-state index in [1.54, 1.807) is 18.2 Å². The van der Waals surface area contributed by atoms with Crippen molar-refractivity contribution in [3.8, 4) is 11.1 Å². The number of hydrogen-bond acceptors (Lipinski definition) is 3. The van der Waals surface area contributed by atoms with Crippen LogP contribution < -0.4 is 5.73 Å². The van der Waals surface area contributed by atoms with E-state index in [-0.39, 0.29) is 23.8 Å². The first-order valence-corrected chi connectivity index (χ1v) is 7.12. The summed E-state index contributed by atoms with van der Waals surface area (Å²) in [6.07, 6.45) is -2.52. The van der Waals surface area contributed by atoms with Crippen LogP contribution in [0.3, 0.4) is 0 Å². The van der Waals surface area contributed by atoms with Crippen molar-refractivity contribution in [1.29, 1.82) is 0 Å². The van der Waals surface area contributed by atoms with Crippen molar-refractivity contribution in [1.82, 2.24) is 9.97 Å². The minimum atomic E-state index is -4.48. The van der Waals surface area contributed by atoms with Crippen LogP contribution in [0.1, 0.15) is 18.2 Å². The maximum Gasteiger partial charge on any atom is 0.417 e. The van der Waals surface area contributed by atoms with Crippen LogP contribution in [-0.2, 0) is 12.6 Å². The lowest BCUT2D eigenvalue weighted by Gasteiger charge is -2.17. The number of aryl methyl sites for hydroxylation is 1. The molecule has 0 bridgehead atoms. The molecule has 0 unspecified atom stereocenters. The Labute approximate surface area is 143 Å². The minimum absolute atomic E-state index is 0. The van der Waals surface area contributed by atoms with Gasteiger partial charge >= 0.3 is 6.18 Å². The van der Waals surface area contributed by atoms with Crippen LogP contribution in [0.15, 0.2) is 42.6 Å². The first kappa shape index (κ1) is 18.0. The van der Waals surface area contributed by atoms with Gasteiger partial charge in [0, 0.05) is 22.7 Å². The van der Waals surface area contributed by atoms with Gasteiger partial charge in [-0.05, 0) is 30.7 Å². The van der Waals surface area contributed by atoms with Gasteiger partial charge in [0.05, 0.1) is 16.8 Å². The van der Waals surface area contributed by atoms with E-state index >= 15 is 0 Å². The number of alkyl halides is 3. The number of halogens is 4. The van der Waals surface area contributed by atoms with Crippen molar-refractivity contribution >= 4 is 29.1 Å². The average molecular weight is 354 g/mol. The number of nitrogens with zero attached hydrogens (tertiary/aromatic N) is 2. The zero-order valence-electron chi connectivity index (χ0n) is 12.8. The van der Waals surface area contributed by atoms with Gasteiger partial charge in [-0.3, -0.25) is 4.98 Å². The topological polar surface area (TPSA) is 51.8 Å². The zero-order chi connectivity index (χ0) is 16.6. The molecule has 0 saturated carbocycles. The number of fused-ring (bicyclic) bond motifs is 1. The minimum Gasteiger partial charge on any atom is -0.384 e. The number of hydrogen-bond donors (Lipinski definition) is 1. The molecule has 2 aromatic heterocycles. The van der Waals surface area contributed by atoms with Crippen molar-refractivity contribution in [3.05, 3.63) is 53.9 Å². The van der Waals surface area contributed by atoms with Crippen LogP contribution in [0.25, 0.3) is 22.0 Å². The summed E-state index contributed by atoms with van der Waals surface area (Å²) in [6.45, 7) is 1.83. The van der Waals surface area contributed by atoms with Gasteiger partial charge in [0.1, 0.15) is 5.82 Å². The van der Waals surface area contributed by atoms with Crippen LogP contribution in [-0.4, -0.2) is 9.97 Å². The van der Waals surface area contributed by atoms with Gasteiger partial charge in [-0.15, -0.1) is 12.4 Å². The molecule has 3 rings (SSSR count). The summed E-state index contributed by atoms with van der Waals surface area (Å²) < 4.78 is 40.5. The van der Waals surface area contributed by atoms with Crippen molar-refractivity contribution in [3.63, 3.8) is 0 Å². The third-order valence-electron chi connectivity index (χ3n) is 3.68. The molecule has 3 nitrogen and oxygen atoms in total. The highest BCUT2D eigenvalue weighted by Gasteiger charge is 2.35. The summed E-state index contributed by atoms with van der Waals surface area (Å²) in [5.74, 6) is 0.285. The number of benzene rings is 1. The monoisotopic (exact) mass is 353 g/mol. The second kappa shape index (κ2) is 6.65. The molecule has 0 saturated heterocycles. The third kappa shape index (κ3) is 3.14. The lowest BCUT2D eigenvalue weighted by molar-refractivity contribution is -0.137. The van der Waals surface area contributed by atoms with Crippen molar-refractivity contribution in [2.75, 3.05) is 5.73 Å². The Morgan fingerprint density at radius 2 is 1.83 bits per heavy atom. The predicted molar refractivity (Wildman–Crippen MR) is 91.0 cm³/mol. The van der Waals surface area contributed by atoms with Crippen LogP contribution in [0.4, 0.5) is 19.0 Å². The highest BCUT2D eigenvalue weighted by molar-refractivity contribution is 5.96. The number of anilines is 1. The molecular formula is C17H15ClF3N3. The molecule has 0 spiro atoms. The molecular weight excluding hydrogens is 339 g/mol. The fourth-order valence-electron chi connectivity index (χ4n) is 2.67. The van der Waals surface area contributed by atoms with Gasteiger partial charge in [0.15, 0.2) is 0 Å². The first-order chi connectivity index (χ1) is 10.9. The maximum atomic E-state index is 13.5. The van der Waals surface area contributed by atoms with Gasteiger partial charge in [-0.25, -0.2) is 4.98 Å². The second-order valence-electron chi connectivity index (χ2n) is 5.14. The number of aromatic nitrogens is 2. The summed E-state index contributed by atoms with van der Waals surface area (Å²) >= 11 is 0. The van der Waals surface area contributed by atoms with E-state index in [0.717, 1.165) is 6.07 Å². The van der Waals surface area contributed by atoms with E-state index in [0.29, 0.717) is 28.6 Å². The highest BCUT2D eigenvalue weighted by atomic mass is 35.5. The number of rotatable bonds is 2. The molecule has 0 amide bonds. The smallest absolute Gasteiger partial charge is 0.384 e. The first-order valence-electron chi connectivity index (χ1n) is 7.12. The van der Waals surface area contributed by atoms with E-state index in [1.165, 1.54) is 18.3 Å². The molecule has 1 aromatic carbocycles. The Morgan fingerprint density at radius 3 is 2.50 bits per heavy atom. The van der Waals surface area contributed by atoms with Crippen LogP contribution in [0.2, 0.25) is 0 Å². The van der Waals surface area contributed by atoms with Crippen molar-refractivity contribution in [2.45, 2.75) is 19.5 Å². The van der Waals surface area contributed by atoms with Crippen molar-refractivity contribution < 1.29 is 13.2 Å². The van der Waals surface area contributed by atoms with Crippen LogP contribution in [0.5, 0.6) is 0 Å². The van der Waals surface area contributed by atoms with Gasteiger partial charge in [-0.1, -0.05) is 19.1 Å². The standard InChI is InChI=1S/C17H14F3N3.ClH/c1-2-13-11(6-8-14(21)23-13)15-12(17(18,19)20)7-5-10-4-3-9-22-16(10)15;/h3-9H,2H2,1H3,(H2,21,23);1H. The Morgan fingerprint density at radius 1 is 1.08 bits per heavy atom. The van der Waals surface area contributed by atoms with E-state index < -0.39 is 11.7 Å². The molecule has 126 valence electrons. The molecule has 3 aromatic rings. The quantitative estimate of drug-likeness (QED) is 0.714. The largest absolute Gasteiger partial charge is 0.417 e. The lowest BCUT2D eigenvalue weighted by atomic mass is 9.94. The number of nitrogens with two attached hydrogens (primary N) is 1. The van der Waals surface area contributed by atoms with E-state index in [9.17, 15) is 13.2 Å². The molecule has 0 fully saturated rings. The Kier molecular flexibility index (Phi) is 4.99. The zero-order valence-corrected chi connectivity index (χ0v) is 13.6. The third-order valence-corrected chi connectivity index (χ3v) is 3.68. The molecule has 0 radical (unpaired) electrons. The van der Waals surface area contributed by atoms with Gasteiger partial charge in [-0.2, -0.15) is 13.2 Å². The summed E-state index contributed by atoms with van der Waals surface area (Å²) in [7, 11) is 0.